The van der Waals surface area contributed by atoms with Crippen molar-refractivity contribution in [3.63, 3.8) is 0 Å². The molecule has 1 aromatic rings. The molecule has 0 aromatic heterocycles. The van der Waals surface area contributed by atoms with Gasteiger partial charge in [0, 0.05) is 6.42 Å². The van der Waals surface area contributed by atoms with Gasteiger partial charge in [-0.15, -0.1) is 0 Å². The molecular formula is C17H21N3. The van der Waals surface area contributed by atoms with Crippen LogP contribution in [-0.2, 0) is 5.41 Å². The minimum Gasteiger partial charge on any atom is -0.317 e. The Kier molecular flexibility index (Phi) is 4.77. The van der Waals surface area contributed by atoms with Crippen LogP contribution in [0.5, 0.6) is 0 Å². The van der Waals surface area contributed by atoms with Crippen molar-refractivity contribution in [3.05, 3.63) is 35.4 Å². The lowest BCUT2D eigenvalue weighted by atomic mass is 9.65. The second-order valence-corrected chi connectivity index (χ2v) is 5.64. The maximum absolute atomic E-state index is 9.92. The van der Waals surface area contributed by atoms with Crippen molar-refractivity contribution in [3.8, 4) is 12.1 Å². The summed E-state index contributed by atoms with van der Waals surface area (Å²) in [5.74, 6) is 0.337. The molecule has 1 aliphatic rings. The van der Waals surface area contributed by atoms with E-state index in [0.29, 0.717) is 18.8 Å². The summed E-state index contributed by atoms with van der Waals surface area (Å²) in [7, 11) is 0. The van der Waals surface area contributed by atoms with Gasteiger partial charge in [0.2, 0.25) is 0 Å². The Labute approximate surface area is 121 Å². The Morgan fingerprint density at radius 3 is 2.65 bits per heavy atom. The number of hydrogen-bond donors (Lipinski definition) is 1. The molecular weight excluding hydrogens is 246 g/mol. The maximum Gasteiger partial charge on any atom is 0.0861 e. The Morgan fingerprint density at radius 1 is 1.30 bits per heavy atom. The molecule has 1 saturated heterocycles. The lowest BCUT2D eigenvalue weighted by Gasteiger charge is -2.38. The van der Waals surface area contributed by atoms with Gasteiger partial charge in [0.15, 0.2) is 0 Å². The number of benzene rings is 1. The number of aryl methyl sites for hydroxylation is 1. The highest BCUT2D eigenvalue weighted by Gasteiger charge is 2.40. The molecule has 3 heteroatoms. The molecule has 1 N–H and O–H groups in total. The van der Waals surface area contributed by atoms with E-state index in [4.69, 9.17) is 5.26 Å². The monoisotopic (exact) mass is 267 g/mol. The highest BCUT2D eigenvalue weighted by molar-refractivity contribution is 5.36. The first-order valence-corrected chi connectivity index (χ1v) is 7.29. The smallest absolute Gasteiger partial charge is 0.0861 e. The van der Waals surface area contributed by atoms with E-state index in [9.17, 15) is 5.26 Å². The van der Waals surface area contributed by atoms with Crippen LogP contribution in [0.2, 0.25) is 0 Å². The molecule has 0 spiro atoms. The molecule has 0 unspecified atom stereocenters. The van der Waals surface area contributed by atoms with E-state index in [1.54, 1.807) is 0 Å². The van der Waals surface area contributed by atoms with Gasteiger partial charge in [-0.3, -0.25) is 0 Å². The van der Waals surface area contributed by atoms with Gasteiger partial charge in [-0.05, 0) is 50.8 Å². The van der Waals surface area contributed by atoms with Gasteiger partial charge >= 0.3 is 0 Å². The standard InChI is InChI=1S/C17H21N3/c1-14-4-2-5-16(12-14)17(13-19,8-3-9-18)15-6-10-20-11-7-15/h2,4-5,12,15,20H,3,6-8,10-11H2,1H3/t17-/m1/s1. The predicted molar refractivity (Wildman–Crippen MR) is 78.9 cm³/mol. The first-order chi connectivity index (χ1) is 9.73. The molecule has 2 rings (SSSR count). The van der Waals surface area contributed by atoms with Crippen LogP contribution in [0.25, 0.3) is 0 Å². The summed E-state index contributed by atoms with van der Waals surface area (Å²) in [6.07, 6.45) is 3.08. The zero-order chi connectivity index (χ0) is 14.4. The number of nitriles is 2. The van der Waals surface area contributed by atoms with Crippen LogP contribution in [0.4, 0.5) is 0 Å². The molecule has 1 fully saturated rings. The average Bonchev–Trinajstić information content (AvgIpc) is 2.50. The maximum atomic E-state index is 9.92. The molecule has 20 heavy (non-hydrogen) atoms. The van der Waals surface area contributed by atoms with E-state index < -0.39 is 5.41 Å². The van der Waals surface area contributed by atoms with Crippen molar-refractivity contribution in [1.82, 2.24) is 5.32 Å². The van der Waals surface area contributed by atoms with Gasteiger partial charge in [-0.25, -0.2) is 0 Å². The molecule has 0 bridgehead atoms. The summed E-state index contributed by atoms with van der Waals surface area (Å²) in [5, 5.41) is 22.2. The molecule has 104 valence electrons. The van der Waals surface area contributed by atoms with Crippen molar-refractivity contribution >= 4 is 0 Å². The summed E-state index contributed by atoms with van der Waals surface area (Å²) >= 11 is 0. The summed E-state index contributed by atoms with van der Waals surface area (Å²) < 4.78 is 0. The molecule has 3 nitrogen and oxygen atoms in total. The van der Waals surface area contributed by atoms with Crippen molar-refractivity contribution < 1.29 is 0 Å². The van der Waals surface area contributed by atoms with E-state index >= 15 is 0 Å². The minimum atomic E-state index is -0.510. The van der Waals surface area contributed by atoms with Gasteiger partial charge in [0.25, 0.3) is 0 Å². The zero-order valence-electron chi connectivity index (χ0n) is 12.0. The third kappa shape index (κ3) is 2.84. The third-order valence-corrected chi connectivity index (χ3v) is 4.40. The fourth-order valence-corrected chi connectivity index (χ4v) is 3.29. The molecule has 1 atom stereocenters. The van der Waals surface area contributed by atoms with Crippen molar-refractivity contribution in [2.24, 2.45) is 5.92 Å². The highest BCUT2D eigenvalue weighted by atomic mass is 14.9. The van der Waals surface area contributed by atoms with Crippen LogP contribution >= 0.6 is 0 Å². The second-order valence-electron chi connectivity index (χ2n) is 5.64. The number of hydrogen-bond acceptors (Lipinski definition) is 3. The molecule has 0 aliphatic carbocycles. The zero-order valence-corrected chi connectivity index (χ0v) is 12.0. The summed E-state index contributed by atoms with van der Waals surface area (Å²) in [6, 6.07) is 13.0. The Morgan fingerprint density at radius 2 is 2.05 bits per heavy atom. The molecule has 1 heterocycles. The lowest BCUT2D eigenvalue weighted by Crippen LogP contribution is -2.41. The van der Waals surface area contributed by atoms with Gasteiger partial charge in [0.1, 0.15) is 0 Å². The van der Waals surface area contributed by atoms with Gasteiger partial charge < -0.3 is 5.32 Å². The van der Waals surface area contributed by atoms with E-state index in [1.807, 2.05) is 6.07 Å². The fourth-order valence-electron chi connectivity index (χ4n) is 3.29. The summed E-state index contributed by atoms with van der Waals surface area (Å²) in [5.41, 5.74) is 1.75. The minimum absolute atomic E-state index is 0.337. The number of rotatable bonds is 4. The lowest BCUT2D eigenvalue weighted by molar-refractivity contribution is 0.251. The number of nitrogens with one attached hydrogen (secondary N) is 1. The van der Waals surface area contributed by atoms with Crippen LogP contribution in [0.1, 0.15) is 36.8 Å². The SMILES string of the molecule is Cc1cccc([C@@](C#N)(CCC#N)C2CCNCC2)c1. The van der Waals surface area contributed by atoms with E-state index in [0.717, 1.165) is 31.5 Å². The Hall–Kier alpha value is -1.84. The van der Waals surface area contributed by atoms with Crippen LogP contribution in [0.3, 0.4) is 0 Å². The van der Waals surface area contributed by atoms with E-state index in [1.165, 1.54) is 5.56 Å². The normalized spacial score (nSPS) is 18.8. The number of piperidine rings is 1. The van der Waals surface area contributed by atoms with E-state index in [2.05, 4.69) is 42.6 Å². The van der Waals surface area contributed by atoms with Crippen LogP contribution in [0.15, 0.2) is 24.3 Å². The third-order valence-electron chi connectivity index (χ3n) is 4.40. The average molecular weight is 267 g/mol. The molecule has 0 radical (unpaired) electrons. The molecule has 1 aromatic carbocycles. The predicted octanol–water partition coefficient (Wildman–Crippen LogP) is 3.06. The molecule has 0 amide bonds. The fraction of sp³-hybridized carbons (Fsp3) is 0.529. The number of nitrogens with zero attached hydrogens (tertiary/aromatic N) is 2. The van der Waals surface area contributed by atoms with E-state index in [-0.39, 0.29) is 0 Å². The first kappa shape index (κ1) is 14.6. The highest BCUT2D eigenvalue weighted by Crippen LogP contribution is 2.41. The van der Waals surface area contributed by atoms with Crippen molar-refractivity contribution in [1.29, 1.82) is 10.5 Å². The van der Waals surface area contributed by atoms with Crippen molar-refractivity contribution in [2.45, 2.75) is 38.0 Å². The van der Waals surface area contributed by atoms with Crippen LogP contribution in [-0.4, -0.2) is 13.1 Å². The van der Waals surface area contributed by atoms with Crippen molar-refractivity contribution in [2.75, 3.05) is 13.1 Å². The second kappa shape index (κ2) is 6.55. The quantitative estimate of drug-likeness (QED) is 0.912. The van der Waals surface area contributed by atoms with Crippen LogP contribution in [0, 0.1) is 35.5 Å². The molecule has 1 aliphatic heterocycles. The van der Waals surface area contributed by atoms with Gasteiger partial charge in [-0.2, -0.15) is 10.5 Å². The molecule has 0 saturated carbocycles. The largest absolute Gasteiger partial charge is 0.317 e. The Bertz CT molecular complexity index is 532. The topological polar surface area (TPSA) is 59.6 Å². The van der Waals surface area contributed by atoms with Gasteiger partial charge in [0.05, 0.1) is 17.6 Å². The summed E-state index contributed by atoms with van der Waals surface area (Å²) in [6.45, 7) is 3.98. The first-order valence-electron chi connectivity index (χ1n) is 7.29. The van der Waals surface area contributed by atoms with Gasteiger partial charge in [-0.1, -0.05) is 29.8 Å². The van der Waals surface area contributed by atoms with Crippen LogP contribution < -0.4 is 5.32 Å². The Balaban J connectivity index is 2.41. The summed E-state index contributed by atoms with van der Waals surface area (Å²) in [4.78, 5) is 0.